The molecule has 1 aromatic heterocycles. The van der Waals surface area contributed by atoms with Gasteiger partial charge in [-0.2, -0.15) is 0 Å². The summed E-state index contributed by atoms with van der Waals surface area (Å²) in [4.78, 5) is 2.57. The van der Waals surface area contributed by atoms with Crippen LogP contribution in [0.1, 0.15) is 76.3 Å². The van der Waals surface area contributed by atoms with Gasteiger partial charge in [-0.15, -0.1) is 11.3 Å². The normalized spacial score (nSPS) is 14.2. The van der Waals surface area contributed by atoms with Gasteiger partial charge in [-0.1, -0.05) is 194 Å². The van der Waals surface area contributed by atoms with Crippen LogP contribution in [0, 0.1) is 0 Å². The summed E-state index contributed by atoms with van der Waals surface area (Å²) >= 11 is 1.87. The molecule has 320 valence electrons. The molecular formula is C64H53NS. The van der Waals surface area contributed by atoms with Crippen LogP contribution in [0.25, 0.3) is 75.8 Å². The van der Waals surface area contributed by atoms with Gasteiger partial charge in [-0.25, -0.2) is 0 Å². The van der Waals surface area contributed by atoms with Crippen LogP contribution in [0.4, 0.5) is 17.1 Å². The van der Waals surface area contributed by atoms with Crippen molar-refractivity contribution in [3.05, 3.63) is 222 Å². The molecule has 1 heterocycles. The molecule has 1 nitrogen and oxygen atoms in total. The minimum Gasteiger partial charge on any atom is -0.309 e. The number of para-hydroxylation sites is 2. The Kier molecular flexibility index (Phi) is 9.06. The molecule has 0 radical (unpaired) electrons. The van der Waals surface area contributed by atoms with E-state index in [9.17, 15) is 0 Å². The summed E-state index contributed by atoms with van der Waals surface area (Å²) in [5.74, 6) is 0. The summed E-state index contributed by atoms with van der Waals surface area (Å²) in [5, 5.41) is 2.61. The second-order valence-corrected chi connectivity index (χ2v) is 21.6. The highest BCUT2D eigenvalue weighted by Crippen LogP contribution is 2.57. The van der Waals surface area contributed by atoms with Crippen molar-refractivity contribution in [2.75, 3.05) is 4.90 Å². The predicted octanol–water partition coefficient (Wildman–Crippen LogP) is 18.4. The van der Waals surface area contributed by atoms with Gasteiger partial charge < -0.3 is 4.90 Å². The first-order valence-electron chi connectivity index (χ1n) is 23.4. The molecule has 0 unspecified atom stereocenters. The molecule has 2 aliphatic rings. The smallest absolute Gasteiger partial charge is 0.0543 e. The third-order valence-electron chi connectivity index (χ3n) is 14.9. The molecule has 0 bridgehead atoms. The van der Waals surface area contributed by atoms with Crippen molar-refractivity contribution < 1.29 is 0 Å². The van der Waals surface area contributed by atoms with Crippen LogP contribution in [0.15, 0.2) is 194 Å². The summed E-state index contributed by atoms with van der Waals surface area (Å²) in [5.41, 5.74) is 22.7. The molecule has 0 atom stereocenters. The molecule has 2 aliphatic carbocycles. The Hall–Kier alpha value is -7.00. The lowest BCUT2D eigenvalue weighted by Crippen LogP contribution is -2.16. The van der Waals surface area contributed by atoms with E-state index in [0.717, 1.165) is 11.4 Å². The molecule has 0 aliphatic heterocycles. The fraction of sp³-hybridized carbons (Fsp3) is 0.156. The van der Waals surface area contributed by atoms with E-state index < -0.39 is 0 Å². The summed E-state index contributed by atoms with van der Waals surface area (Å²) in [6.45, 7) is 16.4. The van der Waals surface area contributed by atoms with E-state index >= 15 is 0 Å². The maximum absolute atomic E-state index is 2.57. The maximum Gasteiger partial charge on any atom is 0.0543 e. The molecule has 12 rings (SSSR count). The highest BCUT2D eigenvalue weighted by atomic mass is 32.1. The first kappa shape index (κ1) is 40.5. The van der Waals surface area contributed by atoms with Crippen molar-refractivity contribution in [2.24, 2.45) is 0 Å². The van der Waals surface area contributed by atoms with Crippen molar-refractivity contribution >= 4 is 48.6 Å². The number of hydrogen-bond acceptors (Lipinski definition) is 2. The third kappa shape index (κ3) is 6.19. The molecule has 0 spiro atoms. The Morgan fingerprint density at radius 3 is 1.65 bits per heavy atom. The molecule has 2 heteroatoms. The second kappa shape index (κ2) is 14.8. The van der Waals surface area contributed by atoms with Crippen molar-refractivity contribution in [3.8, 4) is 55.6 Å². The molecule has 0 saturated heterocycles. The van der Waals surface area contributed by atoms with E-state index in [1.54, 1.807) is 0 Å². The average molecular weight is 868 g/mol. The molecule has 10 aromatic rings. The highest BCUT2D eigenvalue weighted by molar-refractivity contribution is 7.25. The quantitative estimate of drug-likeness (QED) is 0.161. The van der Waals surface area contributed by atoms with Crippen molar-refractivity contribution in [3.63, 3.8) is 0 Å². The van der Waals surface area contributed by atoms with Gasteiger partial charge in [-0.3, -0.25) is 0 Å². The van der Waals surface area contributed by atoms with Gasteiger partial charge in [0.1, 0.15) is 0 Å². The Bertz CT molecular complexity index is 3570. The number of benzene rings is 9. The zero-order valence-electron chi connectivity index (χ0n) is 38.8. The Labute approximate surface area is 393 Å². The average Bonchev–Trinajstić information content (AvgIpc) is 3.91. The third-order valence-corrected chi connectivity index (χ3v) is 16.0. The first-order chi connectivity index (χ1) is 31.9. The SMILES string of the molecule is CC(C)(C)c1ccc(-c2ccc3c(c2)C(C)(C)c2ccc(-c4ccccc4N(c4ccccc4-c4ccc5sc6ccccc6c5c4)c4cccc5c4-c4ccccc4C5(C)C)cc2-3)cc1. The second-order valence-electron chi connectivity index (χ2n) is 20.5. The van der Waals surface area contributed by atoms with Crippen molar-refractivity contribution in [1.29, 1.82) is 0 Å². The Morgan fingerprint density at radius 1 is 0.364 bits per heavy atom. The van der Waals surface area contributed by atoms with E-state index in [2.05, 4.69) is 247 Å². The zero-order valence-corrected chi connectivity index (χ0v) is 39.6. The van der Waals surface area contributed by atoms with Crippen LogP contribution in [0.2, 0.25) is 0 Å². The number of rotatable bonds is 6. The van der Waals surface area contributed by atoms with Gasteiger partial charge >= 0.3 is 0 Å². The minimum atomic E-state index is -0.145. The lowest BCUT2D eigenvalue weighted by molar-refractivity contribution is 0.590. The van der Waals surface area contributed by atoms with Crippen LogP contribution in [-0.4, -0.2) is 0 Å². The molecule has 66 heavy (non-hydrogen) atoms. The lowest BCUT2D eigenvalue weighted by atomic mass is 9.81. The van der Waals surface area contributed by atoms with Gasteiger partial charge in [0.25, 0.3) is 0 Å². The number of hydrogen-bond donors (Lipinski definition) is 0. The number of thiophene rings is 1. The van der Waals surface area contributed by atoms with Crippen molar-refractivity contribution in [1.82, 2.24) is 0 Å². The predicted molar refractivity (Wildman–Crippen MR) is 284 cm³/mol. The van der Waals surface area contributed by atoms with Crippen molar-refractivity contribution in [2.45, 2.75) is 64.7 Å². The van der Waals surface area contributed by atoms with Gasteiger partial charge in [-0.05, 0) is 121 Å². The maximum atomic E-state index is 2.57. The number of fused-ring (bicyclic) bond motifs is 9. The Morgan fingerprint density at radius 2 is 0.909 bits per heavy atom. The van der Waals surface area contributed by atoms with Crippen LogP contribution in [0.5, 0.6) is 0 Å². The van der Waals surface area contributed by atoms with Gasteiger partial charge in [0, 0.05) is 47.7 Å². The van der Waals surface area contributed by atoms with Gasteiger partial charge in [0.2, 0.25) is 0 Å². The standard InChI is InChI=1S/C64H53NS/c1-62(2,3)44-32-27-40(28-33-44)41-29-34-47-50-37-42(30-35-53(50)64(6,7)55(47)39-41)45-17-9-13-23-56(45)65(58-25-16-22-54-61(58)49-20-8-12-21-52(49)63(54,4)5)57-24-14-10-18-46(57)43-31-36-60-51(38-43)48-19-11-15-26-59(48)66-60/h8-39H,1-7H3. The molecule has 0 fully saturated rings. The lowest BCUT2D eigenvalue weighted by Gasteiger charge is -2.32. The fourth-order valence-electron chi connectivity index (χ4n) is 11.3. The summed E-state index contributed by atoms with van der Waals surface area (Å²) in [6.07, 6.45) is 0. The van der Waals surface area contributed by atoms with Crippen LogP contribution in [-0.2, 0) is 16.2 Å². The van der Waals surface area contributed by atoms with Crippen LogP contribution in [0.3, 0.4) is 0 Å². The topological polar surface area (TPSA) is 3.24 Å². The van der Waals surface area contributed by atoms with Gasteiger partial charge in [0.15, 0.2) is 0 Å². The van der Waals surface area contributed by atoms with E-state index in [1.165, 1.54) is 109 Å². The minimum absolute atomic E-state index is 0.120. The number of nitrogens with zero attached hydrogens (tertiary/aromatic N) is 1. The van der Waals surface area contributed by atoms with E-state index in [0.29, 0.717) is 0 Å². The molecule has 0 saturated carbocycles. The largest absolute Gasteiger partial charge is 0.309 e. The molecule has 0 N–H and O–H groups in total. The zero-order chi connectivity index (χ0) is 45.1. The number of anilines is 3. The van der Waals surface area contributed by atoms with Crippen LogP contribution >= 0.6 is 11.3 Å². The van der Waals surface area contributed by atoms with E-state index in [-0.39, 0.29) is 16.2 Å². The van der Waals surface area contributed by atoms with Gasteiger partial charge in [0.05, 0.1) is 17.1 Å². The van der Waals surface area contributed by atoms with E-state index in [4.69, 9.17) is 0 Å². The molecule has 9 aromatic carbocycles. The summed E-state index contributed by atoms with van der Waals surface area (Å²) < 4.78 is 2.63. The highest BCUT2D eigenvalue weighted by Gasteiger charge is 2.39. The summed E-state index contributed by atoms with van der Waals surface area (Å²) in [6, 6.07) is 73.5. The Balaban J connectivity index is 1.05. The van der Waals surface area contributed by atoms with E-state index in [1.807, 2.05) is 11.3 Å². The summed E-state index contributed by atoms with van der Waals surface area (Å²) in [7, 11) is 0. The fourth-order valence-corrected chi connectivity index (χ4v) is 12.4. The first-order valence-corrected chi connectivity index (χ1v) is 24.2. The van der Waals surface area contributed by atoms with Crippen LogP contribution < -0.4 is 4.90 Å². The monoisotopic (exact) mass is 867 g/mol. The molecule has 0 amide bonds. The molecular weight excluding hydrogens is 815 g/mol.